The van der Waals surface area contributed by atoms with Crippen LogP contribution in [0.15, 0.2) is 42.6 Å². The third kappa shape index (κ3) is 3.70. The van der Waals surface area contributed by atoms with Gasteiger partial charge in [-0.2, -0.15) is 5.10 Å². The van der Waals surface area contributed by atoms with Gasteiger partial charge in [0.2, 0.25) is 0 Å². The highest BCUT2D eigenvalue weighted by atomic mass is 15.2. The zero-order chi connectivity index (χ0) is 14.4. The van der Waals surface area contributed by atoms with Crippen LogP contribution < -0.4 is 5.32 Å². The standard InChI is InChI=1S/C17H25N3/c1-4-16(14-9-7-6-8-10-14)17(18-5-2)13-15-11-12-20(3)19-15/h6-12,16-18H,4-5,13H2,1-3H3. The van der Waals surface area contributed by atoms with E-state index >= 15 is 0 Å². The third-order valence-electron chi connectivity index (χ3n) is 3.82. The van der Waals surface area contributed by atoms with Crippen molar-refractivity contribution in [2.45, 2.75) is 38.6 Å². The lowest BCUT2D eigenvalue weighted by Gasteiger charge is -2.27. The van der Waals surface area contributed by atoms with Crippen LogP contribution in [0.2, 0.25) is 0 Å². The van der Waals surface area contributed by atoms with E-state index in [2.05, 4.69) is 60.7 Å². The largest absolute Gasteiger partial charge is 0.313 e. The zero-order valence-corrected chi connectivity index (χ0v) is 12.7. The van der Waals surface area contributed by atoms with Crippen LogP contribution in [0.3, 0.4) is 0 Å². The molecule has 0 aliphatic rings. The Hall–Kier alpha value is -1.61. The Morgan fingerprint density at radius 1 is 1.15 bits per heavy atom. The summed E-state index contributed by atoms with van der Waals surface area (Å²) in [5, 5.41) is 8.16. The third-order valence-corrected chi connectivity index (χ3v) is 3.82. The van der Waals surface area contributed by atoms with E-state index in [4.69, 9.17) is 0 Å². The maximum absolute atomic E-state index is 4.52. The van der Waals surface area contributed by atoms with Gasteiger partial charge < -0.3 is 5.32 Å². The predicted octanol–water partition coefficient (Wildman–Crippen LogP) is 3.13. The summed E-state index contributed by atoms with van der Waals surface area (Å²) in [7, 11) is 1.97. The second-order valence-electron chi connectivity index (χ2n) is 5.27. The number of hydrogen-bond donors (Lipinski definition) is 1. The molecule has 0 spiro atoms. The van der Waals surface area contributed by atoms with Crippen molar-refractivity contribution in [1.82, 2.24) is 15.1 Å². The Balaban J connectivity index is 2.17. The van der Waals surface area contributed by atoms with Gasteiger partial charge in [-0.1, -0.05) is 44.2 Å². The normalized spacial score (nSPS) is 14.2. The Labute approximate surface area is 122 Å². The maximum Gasteiger partial charge on any atom is 0.0640 e. The molecule has 20 heavy (non-hydrogen) atoms. The molecule has 3 heteroatoms. The number of nitrogens with one attached hydrogen (secondary N) is 1. The monoisotopic (exact) mass is 271 g/mol. The van der Waals surface area contributed by atoms with Gasteiger partial charge in [0.1, 0.15) is 0 Å². The Morgan fingerprint density at radius 2 is 1.90 bits per heavy atom. The molecule has 3 nitrogen and oxygen atoms in total. The summed E-state index contributed by atoms with van der Waals surface area (Å²) >= 11 is 0. The summed E-state index contributed by atoms with van der Waals surface area (Å²) in [6.45, 7) is 5.42. The van der Waals surface area contributed by atoms with Crippen molar-refractivity contribution in [2.24, 2.45) is 7.05 Å². The molecule has 0 saturated carbocycles. The summed E-state index contributed by atoms with van der Waals surface area (Å²) in [6, 6.07) is 13.3. The van der Waals surface area contributed by atoms with Crippen molar-refractivity contribution in [3.63, 3.8) is 0 Å². The minimum Gasteiger partial charge on any atom is -0.313 e. The zero-order valence-electron chi connectivity index (χ0n) is 12.7. The summed E-state index contributed by atoms with van der Waals surface area (Å²) in [5.74, 6) is 0.526. The molecule has 1 aromatic heterocycles. The molecular weight excluding hydrogens is 246 g/mol. The highest BCUT2D eigenvalue weighted by molar-refractivity contribution is 5.22. The van der Waals surface area contributed by atoms with Gasteiger partial charge in [0.05, 0.1) is 5.69 Å². The number of nitrogens with zero attached hydrogens (tertiary/aromatic N) is 2. The number of hydrogen-bond acceptors (Lipinski definition) is 2. The van der Waals surface area contributed by atoms with Crippen LogP contribution in [0.4, 0.5) is 0 Å². The first-order chi connectivity index (χ1) is 9.74. The van der Waals surface area contributed by atoms with Crippen LogP contribution in [0, 0.1) is 0 Å². The first-order valence-corrected chi connectivity index (χ1v) is 7.51. The Kier molecular flexibility index (Phi) is 5.36. The molecule has 0 bridgehead atoms. The van der Waals surface area contributed by atoms with E-state index in [0.717, 1.165) is 25.1 Å². The van der Waals surface area contributed by atoms with Crippen molar-refractivity contribution in [3.8, 4) is 0 Å². The van der Waals surface area contributed by atoms with E-state index in [-0.39, 0.29) is 0 Å². The maximum atomic E-state index is 4.52. The summed E-state index contributed by atoms with van der Waals surface area (Å²) in [4.78, 5) is 0. The highest BCUT2D eigenvalue weighted by Crippen LogP contribution is 2.25. The first kappa shape index (κ1) is 14.8. The summed E-state index contributed by atoms with van der Waals surface area (Å²) in [6.07, 6.45) is 4.12. The topological polar surface area (TPSA) is 29.9 Å². The first-order valence-electron chi connectivity index (χ1n) is 7.51. The number of likely N-dealkylation sites (N-methyl/N-ethyl adjacent to an activating group) is 1. The van der Waals surface area contributed by atoms with Crippen LogP contribution >= 0.6 is 0 Å². The number of aryl methyl sites for hydroxylation is 1. The average molecular weight is 271 g/mol. The summed E-state index contributed by atoms with van der Waals surface area (Å²) < 4.78 is 1.88. The van der Waals surface area contributed by atoms with Crippen LogP contribution in [0.5, 0.6) is 0 Å². The molecule has 0 aliphatic carbocycles. The lowest BCUT2D eigenvalue weighted by atomic mass is 9.86. The average Bonchev–Trinajstić information content (AvgIpc) is 2.86. The van der Waals surface area contributed by atoms with Crippen molar-refractivity contribution in [1.29, 1.82) is 0 Å². The van der Waals surface area contributed by atoms with Crippen molar-refractivity contribution >= 4 is 0 Å². The molecule has 0 amide bonds. The summed E-state index contributed by atoms with van der Waals surface area (Å²) in [5.41, 5.74) is 2.57. The lowest BCUT2D eigenvalue weighted by molar-refractivity contribution is 0.423. The van der Waals surface area contributed by atoms with E-state index in [1.165, 1.54) is 5.56 Å². The van der Waals surface area contributed by atoms with Crippen molar-refractivity contribution in [2.75, 3.05) is 6.54 Å². The van der Waals surface area contributed by atoms with Gasteiger partial charge >= 0.3 is 0 Å². The minimum atomic E-state index is 0.433. The van der Waals surface area contributed by atoms with Gasteiger partial charge in [-0.25, -0.2) is 0 Å². The molecule has 2 rings (SSSR count). The molecule has 2 unspecified atom stereocenters. The fourth-order valence-electron chi connectivity index (χ4n) is 2.87. The minimum absolute atomic E-state index is 0.433. The van der Waals surface area contributed by atoms with Crippen LogP contribution in [-0.4, -0.2) is 22.4 Å². The van der Waals surface area contributed by atoms with E-state index in [0.29, 0.717) is 12.0 Å². The quantitative estimate of drug-likeness (QED) is 0.838. The Morgan fingerprint density at radius 3 is 2.45 bits per heavy atom. The van der Waals surface area contributed by atoms with Gasteiger partial charge in [0.15, 0.2) is 0 Å². The van der Waals surface area contributed by atoms with E-state index in [9.17, 15) is 0 Å². The molecule has 0 radical (unpaired) electrons. The molecule has 2 aromatic rings. The fourth-order valence-corrected chi connectivity index (χ4v) is 2.87. The SMILES string of the molecule is CCNC(Cc1ccn(C)n1)C(CC)c1ccccc1. The highest BCUT2D eigenvalue weighted by Gasteiger charge is 2.21. The van der Waals surface area contributed by atoms with Crippen LogP contribution in [0.25, 0.3) is 0 Å². The second-order valence-corrected chi connectivity index (χ2v) is 5.27. The fraction of sp³-hybridized carbons (Fsp3) is 0.471. The van der Waals surface area contributed by atoms with Gasteiger partial charge in [-0.05, 0) is 30.5 Å². The number of aromatic nitrogens is 2. The van der Waals surface area contributed by atoms with Crippen molar-refractivity contribution in [3.05, 3.63) is 53.9 Å². The van der Waals surface area contributed by atoms with E-state index in [1.54, 1.807) is 0 Å². The molecule has 0 fully saturated rings. The van der Waals surface area contributed by atoms with Gasteiger partial charge in [0.25, 0.3) is 0 Å². The van der Waals surface area contributed by atoms with Crippen LogP contribution in [-0.2, 0) is 13.5 Å². The molecule has 1 N–H and O–H groups in total. The number of rotatable bonds is 7. The van der Waals surface area contributed by atoms with Gasteiger partial charge in [-0.15, -0.1) is 0 Å². The van der Waals surface area contributed by atoms with Gasteiger partial charge in [0, 0.05) is 25.7 Å². The Bertz CT molecular complexity index is 504. The van der Waals surface area contributed by atoms with E-state index < -0.39 is 0 Å². The van der Waals surface area contributed by atoms with E-state index in [1.807, 2.05) is 17.9 Å². The predicted molar refractivity (Wildman–Crippen MR) is 83.9 cm³/mol. The number of benzene rings is 1. The molecule has 0 aliphatic heterocycles. The second kappa shape index (κ2) is 7.25. The molecular formula is C17H25N3. The van der Waals surface area contributed by atoms with Crippen molar-refractivity contribution < 1.29 is 0 Å². The molecule has 108 valence electrons. The van der Waals surface area contributed by atoms with Gasteiger partial charge in [-0.3, -0.25) is 4.68 Å². The lowest BCUT2D eigenvalue weighted by Crippen LogP contribution is -2.36. The molecule has 0 saturated heterocycles. The smallest absolute Gasteiger partial charge is 0.0640 e. The molecule has 2 atom stereocenters. The molecule has 1 aromatic carbocycles. The molecule has 1 heterocycles. The van der Waals surface area contributed by atoms with Crippen LogP contribution in [0.1, 0.15) is 37.4 Å².